The van der Waals surface area contributed by atoms with Crippen LogP contribution in [0.2, 0.25) is 0 Å². The second kappa shape index (κ2) is 7.21. The van der Waals surface area contributed by atoms with Crippen LogP contribution in [0.15, 0.2) is 48.5 Å². The van der Waals surface area contributed by atoms with Gasteiger partial charge in [-0.25, -0.2) is 4.39 Å². The summed E-state index contributed by atoms with van der Waals surface area (Å²) in [5, 5.41) is 2.91. The zero-order valence-corrected chi connectivity index (χ0v) is 13.3. The Hall–Kier alpha value is -2.16. The molecule has 2 aromatic carbocycles. The Labute approximate surface area is 131 Å². The molecule has 0 saturated carbocycles. The van der Waals surface area contributed by atoms with E-state index in [1.807, 2.05) is 19.1 Å². The molecule has 0 spiro atoms. The highest BCUT2D eigenvalue weighted by Crippen LogP contribution is 2.18. The van der Waals surface area contributed by atoms with E-state index in [0.29, 0.717) is 11.5 Å². The molecule has 1 atom stereocenters. The van der Waals surface area contributed by atoms with Crippen molar-refractivity contribution in [3.8, 4) is 0 Å². The molecule has 0 aliphatic rings. The van der Waals surface area contributed by atoms with Gasteiger partial charge in [0.15, 0.2) is 0 Å². The first-order valence-corrected chi connectivity index (χ1v) is 7.60. The topological polar surface area (TPSA) is 29.1 Å². The monoisotopic (exact) mass is 299 g/mol. The van der Waals surface area contributed by atoms with E-state index in [9.17, 15) is 9.18 Å². The first-order chi connectivity index (χ1) is 10.5. The molecular formula is C19H22FNO. The predicted octanol–water partition coefficient (Wildman–Crippen LogP) is 4.37. The SMILES string of the molecule is CC(C)c1ccc(C(C)NC(=O)Cc2ccccc2F)cc1. The van der Waals surface area contributed by atoms with Crippen LogP contribution in [0.5, 0.6) is 0 Å². The number of hydrogen-bond donors (Lipinski definition) is 1. The Kier molecular flexibility index (Phi) is 5.31. The fraction of sp³-hybridized carbons (Fsp3) is 0.316. The lowest BCUT2D eigenvalue weighted by Crippen LogP contribution is -2.28. The average molecular weight is 299 g/mol. The number of nitrogens with one attached hydrogen (secondary N) is 1. The molecule has 1 unspecified atom stereocenters. The third-order valence-electron chi connectivity index (χ3n) is 3.79. The van der Waals surface area contributed by atoms with E-state index < -0.39 is 0 Å². The molecule has 2 rings (SSSR count). The number of halogens is 1. The van der Waals surface area contributed by atoms with Gasteiger partial charge in [0, 0.05) is 0 Å². The van der Waals surface area contributed by atoms with Crippen molar-refractivity contribution in [2.45, 2.75) is 39.2 Å². The summed E-state index contributed by atoms with van der Waals surface area (Å²) in [5.74, 6) is -0.0304. The number of carbonyl (C=O) groups excluding carboxylic acids is 1. The molecule has 22 heavy (non-hydrogen) atoms. The van der Waals surface area contributed by atoms with Gasteiger partial charge >= 0.3 is 0 Å². The Balaban J connectivity index is 1.97. The number of rotatable bonds is 5. The first kappa shape index (κ1) is 16.2. The number of benzene rings is 2. The quantitative estimate of drug-likeness (QED) is 0.872. The van der Waals surface area contributed by atoms with E-state index in [-0.39, 0.29) is 24.2 Å². The summed E-state index contributed by atoms with van der Waals surface area (Å²) in [6.07, 6.45) is 0.0566. The fourth-order valence-corrected chi connectivity index (χ4v) is 2.36. The zero-order valence-electron chi connectivity index (χ0n) is 13.3. The van der Waals surface area contributed by atoms with Crippen molar-refractivity contribution in [2.75, 3.05) is 0 Å². The van der Waals surface area contributed by atoms with Gasteiger partial charge in [-0.1, -0.05) is 56.3 Å². The largest absolute Gasteiger partial charge is 0.349 e. The Morgan fingerprint density at radius 1 is 1.00 bits per heavy atom. The lowest BCUT2D eigenvalue weighted by Gasteiger charge is -2.15. The highest BCUT2D eigenvalue weighted by Gasteiger charge is 2.12. The number of hydrogen-bond acceptors (Lipinski definition) is 1. The molecule has 0 saturated heterocycles. The molecule has 1 N–H and O–H groups in total. The minimum absolute atomic E-state index is 0.0566. The number of carbonyl (C=O) groups is 1. The molecule has 0 radical (unpaired) electrons. The van der Waals surface area contributed by atoms with Crippen molar-refractivity contribution >= 4 is 5.91 Å². The summed E-state index contributed by atoms with van der Waals surface area (Å²) in [4.78, 5) is 12.0. The molecule has 0 bridgehead atoms. The maximum absolute atomic E-state index is 13.6. The van der Waals surface area contributed by atoms with Crippen LogP contribution >= 0.6 is 0 Å². The van der Waals surface area contributed by atoms with E-state index in [2.05, 4.69) is 31.3 Å². The molecule has 0 aromatic heterocycles. The van der Waals surface area contributed by atoms with Crippen LogP contribution in [-0.2, 0) is 11.2 Å². The fourth-order valence-electron chi connectivity index (χ4n) is 2.36. The van der Waals surface area contributed by atoms with Crippen molar-refractivity contribution in [1.82, 2.24) is 5.32 Å². The summed E-state index contributed by atoms with van der Waals surface area (Å²) in [7, 11) is 0. The summed E-state index contributed by atoms with van der Waals surface area (Å²) < 4.78 is 13.6. The molecule has 1 amide bonds. The minimum Gasteiger partial charge on any atom is -0.349 e. The van der Waals surface area contributed by atoms with Gasteiger partial charge in [0.2, 0.25) is 5.91 Å². The standard InChI is InChI=1S/C19H22FNO/c1-13(2)15-8-10-16(11-9-15)14(3)21-19(22)12-17-6-4-5-7-18(17)20/h4-11,13-14H,12H2,1-3H3,(H,21,22). The summed E-state index contributed by atoms with van der Waals surface area (Å²) in [6, 6.07) is 14.5. The van der Waals surface area contributed by atoms with Gasteiger partial charge in [0.1, 0.15) is 5.82 Å². The summed E-state index contributed by atoms with van der Waals surface area (Å²) in [6.45, 7) is 6.23. The van der Waals surface area contributed by atoms with Crippen LogP contribution in [0, 0.1) is 5.82 Å². The molecule has 0 fully saturated rings. The van der Waals surface area contributed by atoms with Crippen molar-refractivity contribution in [3.63, 3.8) is 0 Å². The van der Waals surface area contributed by atoms with E-state index in [1.54, 1.807) is 18.2 Å². The van der Waals surface area contributed by atoms with Crippen LogP contribution in [0.4, 0.5) is 4.39 Å². The van der Waals surface area contributed by atoms with Gasteiger partial charge in [0.05, 0.1) is 12.5 Å². The summed E-state index contributed by atoms with van der Waals surface area (Å²) in [5.41, 5.74) is 2.74. The maximum atomic E-state index is 13.6. The third-order valence-corrected chi connectivity index (χ3v) is 3.79. The zero-order chi connectivity index (χ0) is 16.1. The molecule has 116 valence electrons. The second-order valence-electron chi connectivity index (χ2n) is 5.88. The van der Waals surface area contributed by atoms with Crippen molar-refractivity contribution < 1.29 is 9.18 Å². The van der Waals surface area contributed by atoms with Gasteiger partial charge in [-0.3, -0.25) is 4.79 Å². The molecule has 0 aliphatic heterocycles. The second-order valence-corrected chi connectivity index (χ2v) is 5.88. The Bertz CT molecular complexity index is 634. The predicted molar refractivity (Wildman–Crippen MR) is 87.2 cm³/mol. The van der Waals surface area contributed by atoms with E-state index in [1.165, 1.54) is 11.6 Å². The van der Waals surface area contributed by atoms with Crippen molar-refractivity contribution in [3.05, 3.63) is 71.0 Å². The normalized spacial score (nSPS) is 12.2. The van der Waals surface area contributed by atoms with Gasteiger partial charge < -0.3 is 5.32 Å². The Morgan fingerprint density at radius 2 is 1.59 bits per heavy atom. The maximum Gasteiger partial charge on any atom is 0.225 e. The van der Waals surface area contributed by atoms with Gasteiger partial charge in [0.25, 0.3) is 0 Å². The smallest absolute Gasteiger partial charge is 0.225 e. The van der Waals surface area contributed by atoms with Crippen LogP contribution in [0.25, 0.3) is 0 Å². The Morgan fingerprint density at radius 3 is 2.18 bits per heavy atom. The molecule has 2 nitrogen and oxygen atoms in total. The highest BCUT2D eigenvalue weighted by atomic mass is 19.1. The average Bonchev–Trinajstić information content (AvgIpc) is 2.49. The molecule has 0 heterocycles. The van der Waals surface area contributed by atoms with E-state index in [0.717, 1.165) is 5.56 Å². The summed E-state index contributed by atoms with van der Waals surface area (Å²) >= 11 is 0. The van der Waals surface area contributed by atoms with Gasteiger partial charge in [-0.15, -0.1) is 0 Å². The van der Waals surface area contributed by atoms with Crippen LogP contribution in [0.1, 0.15) is 49.4 Å². The third kappa shape index (κ3) is 4.17. The van der Waals surface area contributed by atoms with Crippen LogP contribution in [-0.4, -0.2) is 5.91 Å². The minimum atomic E-state index is -0.341. The van der Waals surface area contributed by atoms with E-state index >= 15 is 0 Å². The molecule has 3 heteroatoms. The first-order valence-electron chi connectivity index (χ1n) is 7.60. The number of amides is 1. The lowest BCUT2D eigenvalue weighted by atomic mass is 9.99. The molecule has 2 aromatic rings. The van der Waals surface area contributed by atoms with Gasteiger partial charge in [-0.05, 0) is 35.6 Å². The van der Waals surface area contributed by atoms with Crippen molar-refractivity contribution in [1.29, 1.82) is 0 Å². The molecule has 0 aliphatic carbocycles. The molecular weight excluding hydrogens is 277 g/mol. The van der Waals surface area contributed by atoms with Crippen molar-refractivity contribution in [2.24, 2.45) is 0 Å². The highest BCUT2D eigenvalue weighted by molar-refractivity contribution is 5.79. The van der Waals surface area contributed by atoms with Crippen LogP contribution < -0.4 is 5.32 Å². The van der Waals surface area contributed by atoms with Gasteiger partial charge in [-0.2, -0.15) is 0 Å². The van der Waals surface area contributed by atoms with E-state index in [4.69, 9.17) is 0 Å². The van der Waals surface area contributed by atoms with Crippen LogP contribution in [0.3, 0.4) is 0 Å². The lowest BCUT2D eigenvalue weighted by molar-refractivity contribution is -0.121.